The first-order chi connectivity index (χ1) is 12.0. The molecule has 0 spiro atoms. The summed E-state index contributed by atoms with van der Waals surface area (Å²) in [5, 5.41) is 4.09. The van der Waals surface area contributed by atoms with Gasteiger partial charge in [-0.25, -0.2) is 19.7 Å². The molecule has 0 saturated carbocycles. The number of rotatable bonds is 4. The number of carbonyl (C=O) groups excluding carboxylic acids is 3. The van der Waals surface area contributed by atoms with E-state index in [1.165, 1.54) is 0 Å². The molecule has 9 nitrogen and oxygen atoms in total. The number of urea groups is 1. The predicted octanol–water partition coefficient (Wildman–Crippen LogP) is 2.16. The molecule has 0 aliphatic rings. The molecule has 4 amide bonds. The molecule has 1 rings (SSSR count). The van der Waals surface area contributed by atoms with E-state index in [9.17, 15) is 14.4 Å². The monoisotopic (exact) mass is 369 g/mol. The van der Waals surface area contributed by atoms with Gasteiger partial charge in [0.05, 0.1) is 20.8 Å². The lowest BCUT2D eigenvalue weighted by Gasteiger charge is -2.07. The van der Waals surface area contributed by atoms with Crippen molar-refractivity contribution < 1.29 is 28.6 Å². The minimum absolute atomic E-state index is 0.0177. The summed E-state index contributed by atoms with van der Waals surface area (Å²) in [4.78, 5) is 37.6. The first-order valence-electron chi connectivity index (χ1n) is 7.06. The summed E-state index contributed by atoms with van der Waals surface area (Å²) in [6.07, 6.45) is 0.328. The van der Waals surface area contributed by atoms with Crippen LogP contribution in [0.25, 0.3) is 0 Å². The van der Waals surface area contributed by atoms with Gasteiger partial charge >= 0.3 is 18.2 Å². The minimum atomic E-state index is -0.931. The van der Waals surface area contributed by atoms with E-state index in [4.69, 9.17) is 9.47 Å². The molecule has 25 heavy (non-hydrogen) atoms. The molecule has 10 heteroatoms. The molecule has 0 bridgehead atoms. The van der Waals surface area contributed by atoms with Crippen molar-refractivity contribution in [3.63, 3.8) is 0 Å². The van der Waals surface area contributed by atoms with Gasteiger partial charge in [-0.15, -0.1) is 0 Å². The average Bonchev–Trinajstić information content (AvgIpc) is 2.61. The largest absolute Gasteiger partial charge is 0.497 e. The molecule has 0 atom stereocenters. The van der Waals surface area contributed by atoms with Crippen LogP contribution in [0.4, 0.5) is 14.4 Å². The second-order valence-electron chi connectivity index (χ2n) is 4.40. The minimum Gasteiger partial charge on any atom is -0.497 e. The van der Waals surface area contributed by atoms with Gasteiger partial charge in [-0.3, -0.25) is 5.32 Å². The average molecular weight is 369 g/mol. The maximum Gasteiger partial charge on any atom is 0.436 e. The van der Waals surface area contributed by atoms with E-state index in [-0.39, 0.29) is 11.8 Å². The predicted molar refractivity (Wildman–Crippen MR) is 93.1 cm³/mol. The number of amides is 4. The zero-order valence-corrected chi connectivity index (χ0v) is 14.8. The number of amidine groups is 1. The number of nitrogens with one attached hydrogen (secondary N) is 2. The number of imide groups is 1. The second-order valence-corrected chi connectivity index (χ2v) is 5.20. The normalized spacial score (nSPS) is 10.6. The van der Waals surface area contributed by atoms with Crippen LogP contribution in [0.2, 0.25) is 0 Å². The number of thioether (sulfide) groups is 1. The van der Waals surface area contributed by atoms with Gasteiger partial charge in [0.25, 0.3) is 0 Å². The zero-order chi connectivity index (χ0) is 18.7. The van der Waals surface area contributed by atoms with Crippen molar-refractivity contribution in [3.05, 3.63) is 29.8 Å². The second kappa shape index (κ2) is 10.9. The number of aliphatic imine (C=N–C) groups is 1. The molecule has 0 aliphatic heterocycles. The van der Waals surface area contributed by atoms with E-state index in [2.05, 4.69) is 15.0 Å². The third-order valence-electron chi connectivity index (χ3n) is 2.78. The number of hydrogen-bond donors (Lipinski definition) is 2. The van der Waals surface area contributed by atoms with Crippen LogP contribution < -0.4 is 15.4 Å². The number of carbonyl (C=O) groups is 3. The molecule has 0 saturated heterocycles. The summed E-state index contributed by atoms with van der Waals surface area (Å²) in [5.41, 5.74) is 0.971. The van der Waals surface area contributed by atoms with Gasteiger partial charge < -0.3 is 14.2 Å². The van der Waals surface area contributed by atoms with Gasteiger partial charge in [0.1, 0.15) is 5.75 Å². The Hall–Kier alpha value is -2.75. The van der Waals surface area contributed by atoms with Crippen molar-refractivity contribution in [1.82, 2.24) is 10.6 Å². The van der Waals surface area contributed by atoms with Crippen LogP contribution in [-0.4, -0.2) is 50.5 Å². The highest BCUT2D eigenvalue weighted by atomic mass is 32.2. The van der Waals surface area contributed by atoms with E-state index in [1.807, 2.05) is 29.6 Å². The molecule has 0 aromatic heterocycles. The maximum atomic E-state index is 11.7. The van der Waals surface area contributed by atoms with Gasteiger partial charge in [0.2, 0.25) is 0 Å². The Balaban J connectivity index is 2.44. The summed E-state index contributed by atoms with van der Waals surface area (Å²) in [6, 6.07) is 6.48. The van der Waals surface area contributed by atoms with Gasteiger partial charge in [-0.05, 0) is 24.0 Å². The van der Waals surface area contributed by atoms with E-state index >= 15 is 0 Å². The lowest BCUT2D eigenvalue weighted by Crippen LogP contribution is -2.41. The van der Waals surface area contributed by atoms with Crippen LogP contribution in [0.5, 0.6) is 5.75 Å². The van der Waals surface area contributed by atoms with Crippen molar-refractivity contribution in [3.8, 4) is 5.75 Å². The van der Waals surface area contributed by atoms with E-state index in [0.29, 0.717) is 6.42 Å². The van der Waals surface area contributed by atoms with Gasteiger partial charge in [-0.1, -0.05) is 23.9 Å². The number of methoxy groups -OCH3 is 2. The van der Waals surface area contributed by atoms with Crippen LogP contribution in [0, 0.1) is 0 Å². The van der Waals surface area contributed by atoms with E-state index in [0.717, 1.165) is 30.2 Å². The van der Waals surface area contributed by atoms with Crippen LogP contribution in [0.15, 0.2) is 29.3 Å². The van der Waals surface area contributed by atoms with Crippen LogP contribution in [0.1, 0.15) is 5.56 Å². The summed E-state index contributed by atoms with van der Waals surface area (Å²) < 4.78 is 14.3. The highest BCUT2D eigenvalue weighted by Crippen LogP contribution is 2.11. The van der Waals surface area contributed by atoms with Crippen molar-refractivity contribution in [1.29, 1.82) is 0 Å². The van der Waals surface area contributed by atoms with E-state index in [1.54, 1.807) is 13.4 Å². The third kappa shape index (κ3) is 8.06. The zero-order valence-electron chi connectivity index (χ0n) is 14.0. The van der Waals surface area contributed by atoms with Gasteiger partial charge in [0.15, 0.2) is 5.17 Å². The quantitative estimate of drug-likeness (QED) is 0.617. The van der Waals surface area contributed by atoms with Crippen LogP contribution in [0.3, 0.4) is 0 Å². The Morgan fingerprint density at radius 2 is 1.80 bits per heavy atom. The van der Waals surface area contributed by atoms with E-state index < -0.39 is 18.2 Å². The Labute approximate surface area is 149 Å². The molecule has 136 valence electrons. The Morgan fingerprint density at radius 1 is 1.12 bits per heavy atom. The molecule has 0 heterocycles. The molecule has 1 aromatic rings. The fourth-order valence-electron chi connectivity index (χ4n) is 1.56. The summed E-state index contributed by atoms with van der Waals surface area (Å²) in [5.74, 6) is 0.742. The van der Waals surface area contributed by atoms with Crippen molar-refractivity contribution in [2.45, 2.75) is 6.42 Å². The number of alkyl carbamates (subject to hydrolysis) is 1. The molecule has 0 unspecified atom stereocenters. The number of nitrogens with zero attached hydrogens (tertiary/aromatic N) is 1. The lowest BCUT2D eigenvalue weighted by atomic mass is 10.1. The SMILES string of the molecule is COC(=O)NC(=O)NC(=NC(=O)OCCc1ccc(OC)cc1)SC. The first-order valence-corrected chi connectivity index (χ1v) is 8.29. The summed E-state index contributed by atoms with van der Waals surface area (Å²) >= 11 is 1.01. The standard InChI is InChI=1S/C15H19N3O6S/c1-22-11-6-4-10(5-7-11)8-9-24-15(21)18-13(25-3)16-12(19)17-14(20)23-2/h4-7H,8-9H2,1-3H3,(H2,16,17,18,19,20,21). The molecular weight excluding hydrogens is 350 g/mol. The molecule has 0 aliphatic carbocycles. The number of benzene rings is 1. The molecule has 2 N–H and O–H groups in total. The van der Waals surface area contributed by atoms with Crippen molar-refractivity contribution in [2.75, 3.05) is 27.1 Å². The summed E-state index contributed by atoms with van der Waals surface area (Å²) in [7, 11) is 2.70. The highest BCUT2D eigenvalue weighted by Gasteiger charge is 2.11. The molecule has 0 fully saturated rings. The summed E-state index contributed by atoms with van der Waals surface area (Å²) in [6.45, 7) is 0.130. The molecule has 1 aromatic carbocycles. The van der Waals surface area contributed by atoms with Crippen LogP contribution >= 0.6 is 11.8 Å². The smallest absolute Gasteiger partial charge is 0.436 e. The first kappa shape index (κ1) is 20.3. The van der Waals surface area contributed by atoms with Crippen molar-refractivity contribution in [2.24, 2.45) is 4.99 Å². The van der Waals surface area contributed by atoms with Gasteiger partial charge in [0, 0.05) is 6.42 Å². The fourth-order valence-corrected chi connectivity index (χ4v) is 1.92. The maximum absolute atomic E-state index is 11.7. The Morgan fingerprint density at radius 3 is 2.36 bits per heavy atom. The molecular formula is C15H19N3O6S. The Kier molecular flexibility index (Phi) is 8.86. The van der Waals surface area contributed by atoms with Crippen LogP contribution in [-0.2, 0) is 15.9 Å². The highest BCUT2D eigenvalue weighted by molar-refractivity contribution is 8.13. The topological polar surface area (TPSA) is 115 Å². The Bertz CT molecular complexity index is 633. The lowest BCUT2D eigenvalue weighted by molar-refractivity contribution is 0.158. The third-order valence-corrected chi connectivity index (χ3v) is 3.36. The fraction of sp³-hybridized carbons (Fsp3) is 0.333. The van der Waals surface area contributed by atoms with Crippen molar-refractivity contribution >= 4 is 35.1 Å². The van der Waals surface area contributed by atoms with Gasteiger partial charge in [-0.2, -0.15) is 4.99 Å². The molecule has 0 radical (unpaired) electrons. The number of ether oxygens (including phenoxy) is 3. The number of hydrogen-bond acceptors (Lipinski definition) is 7.